The fourth-order valence-corrected chi connectivity index (χ4v) is 3.93. The van der Waals surface area contributed by atoms with E-state index in [1.807, 2.05) is 0 Å². The van der Waals surface area contributed by atoms with Crippen LogP contribution in [0, 0.1) is 0 Å². The average Bonchev–Trinajstić information content (AvgIpc) is 2.75. The summed E-state index contributed by atoms with van der Waals surface area (Å²) in [5.74, 6) is 0. The molecular formula is C18H32O14. The van der Waals surface area contributed by atoms with E-state index in [4.69, 9.17) is 23.7 Å². The van der Waals surface area contributed by atoms with Gasteiger partial charge in [0.25, 0.3) is 0 Å². The molecule has 3 heterocycles. The minimum atomic E-state index is -1.78. The Morgan fingerprint density at radius 2 is 1.12 bits per heavy atom. The first-order chi connectivity index (χ1) is 15.0. The molecule has 188 valence electrons. The van der Waals surface area contributed by atoms with Crippen molar-refractivity contribution in [2.24, 2.45) is 0 Å². The van der Waals surface area contributed by atoms with Crippen LogP contribution >= 0.6 is 0 Å². The van der Waals surface area contributed by atoms with E-state index < -0.39 is 98.7 Å². The number of rotatable bonds is 5. The Hall–Kier alpha value is -0.560. The molecule has 0 radical (unpaired) electrons. The number of aliphatic hydroxyl groups is 9. The highest BCUT2D eigenvalue weighted by Gasteiger charge is 2.52. The quantitative estimate of drug-likeness (QED) is 0.182. The Labute approximate surface area is 183 Å². The van der Waals surface area contributed by atoms with Gasteiger partial charge in [0.15, 0.2) is 18.9 Å². The fourth-order valence-electron chi connectivity index (χ4n) is 3.93. The van der Waals surface area contributed by atoms with Gasteiger partial charge in [0, 0.05) is 0 Å². The smallest absolute Gasteiger partial charge is 0.187 e. The highest BCUT2D eigenvalue weighted by Crippen LogP contribution is 2.31. The molecular weight excluding hydrogens is 440 g/mol. The van der Waals surface area contributed by atoms with Gasteiger partial charge in [-0.3, -0.25) is 0 Å². The topological polar surface area (TPSA) is 228 Å². The minimum Gasteiger partial charge on any atom is -0.394 e. The van der Waals surface area contributed by atoms with Crippen molar-refractivity contribution >= 4 is 0 Å². The molecule has 0 aromatic rings. The van der Waals surface area contributed by atoms with Gasteiger partial charge in [-0.1, -0.05) is 0 Å². The van der Waals surface area contributed by atoms with Crippen LogP contribution in [0.15, 0.2) is 0 Å². The van der Waals surface area contributed by atoms with Gasteiger partial charge in [-0.15, -0.1) is 0 Å². The summed E-state index contributed by atoms with van der Waals surface area (Å²) in [6, 6.07) is 0. The lowest BCUT2D eigenvalue weighted by Crippen LogP contribution is -2.65. The van der Waals surface area contributed by atoms with Crippen molar-refractivity contribution in [1.29, 1.82) is 0 Å². The van der Waals surface area contributed by atoms with Crippen molar-refractivity contribution in [2.75, 3.05) is 6.61 Å². The Morgan fingerprint density at radius 3 is 1.75 bits per heavy atom. The lowest BCUT2D eigenvalue weighted by molar-refractivity contribution is -0.378. The van der Waals surface area contributed by atoms with Crippen LogP contribution < -0.4 is 0 Å². The Bertz CT molecular complexity index is 608. The van der Waals surface area contributed by atoms with Gasteiger partial charge in [0.2, 0.25) is 0 Å². The third kappa shape index (κ3) is 4.94. The third-order valence-corrected chi connectivity index (χ3v) is 6.02. The highest BCUT2D eigenvalue weighted by atomic mass is 16.7. The SMILES string of the molecule is CC1O[C@@H](O)C(O[C@@H]2OC(C)[C@H](O)C(O[C@H]3OC(CO)[C@@H](O)C(O)C3O)C2O)C(O)[C@H]1O. The first-order valence-electron chi connectivity index (χ1n) is 10.3. The van der Waals surface area contributed by atoms with Gasteiger partial charge >= 0.3 is 0 Å². The summed E-state index contributed by atoms with van der Waals surface area (Å²) in [6.45, 7) is 2.14. The molecule has 0 aromatic heterocycles. The van der Waals surface area contributed by atoms with E-state index in [2.05, 4.69) is 0 Å². The predicted octanol–water partition coefficient (Wildman–Crippen LogP) is -5.52. The van der Waals surface area contributed by atoms with Gasteiger partial charge in [0.05, 0.1) is 18.8 Å². The van der Waals surface area contributed by atoms with E-state index in [0.29, 0.717) is 0 Å². The molecule has 0 saturated carbocycles. The molecule has 3 saturated heterocycles. The lowest BCUT2D eigenvalue weighted by atomic mass is 9.96. The van der Waals surface area contributed by atoms with Crippen molar-refractivity contribution in [3.8, 4) is 0 Å². The zero-order chi connectivity index (χ0) is 23.9. The maximum absolute atomic E-state index is 10.7. The third-order valence-electron chi connectivity index (χ3n) is 6.02. The lowest BCUT2D eigenvalue weighted by Gasteiger charge is -2.47. The van der Waals surface area contributed by atoms with Gasteiger partial charge in [-0.2, -0.15) is 0 Å². The predicted molar refractivity (Wildman–Crippen MR) is 98.4 cm³/mol. The van der Waals surface area contributed by atoms with Crippen LogP contribution in [-0.4, -0.2) is 145 Å². The molecule has 0 bridgehead atoms. The molecule has 15 atom stereocenters. The van der Waals surface area contributed by atoms with E-state index in [0.717, 1.165) is 0 Å². The maximum Gasteiger partial charge on any atom is 0.187 e. The summed E-state index contributed by atoms with van der Waals surface area (Å²) in [7, 11) is 0. The fraction of sp³-hybridized carbons (Fsp3) is 1.00. The van der Waals surface area contributed by atoms with E-state index in [-0.39, 0.29) is 0 Å². The monoisotopic (exact) mass is 472 g/mol. The molecule has 9 unspecified atom stereocenters. The number of hydrogen-bond acceptors (Lipinski definition) is 14. The zero-order valence-corrected chi connectivity index (χ0v) is 17.4. The molecule has 3 fully saturated rings. The molecule has 3 aliphatic heterocycles. The molecule has 32 heavy (non-hydrogen) atoms. The molecule has 0 amide bonds. The van der Waals surface area contributed by atoms with Crippen LogP contribution in [0.1, 0.15) is 13.8 Å². The number of ether oxygens (including phenoxy) is 5. The highest BCUT2D eigenvalue weighted by molar-refractivity contribution is 4.95. The van der Waals surface area contributed by atoms with Gasteiger partial charge in [-0.25, -0.2) is 0 Å². The Kier molecular flexibility index (Phi) is 8.44. The van der Waals surface area contributed by atoms with Crippen LogP contribution in [0.25, 0.3) is 0 Å². The molecule has 0 aromatic carbocycles. The van der Waals surface area contributed by atoms with Crippen LogP contribution in [0.4, 0.5) is 0 Å². The molecule has 0 spiro atoms. The van der Waals surface area contributed by atoms with Crippen molar-refractivity contribution in [3.05, 3.63) is 0 Å². The van der Waals surface area contributed by atoms with E-state index in [9.17, 15) is 46.0 Å². The maximum atomic E-state index is 10.7. The second kappa shape index (κ2) is 10.4. The van der Waals surface area contributed by atoms with Gasteiger partial charge < -0.3 is 69.6 Å². The van der Waals surface area contributed by atoms with E-state index >= 15 is 0 Å². The number of hydrogen-bond donors (Lipinski definition) is 9. The van der Waals surface area contributed by atoms with Crippen molar-refractivity contribution < 1.29 is 69.6 Å². The minimum absolute atomic E-state index is 0.704. The molecule has 14 heteroatoms. The summed E-state index contributed by atoms with van der Waals surface area (Å²) in [5.41, 5.74) is 0. The van der Waals surface area contributed by atoms with Crippen molar-refractivity contribution in [2.45, 2.75) is 106 Å². The first kappa shape index (κ1) is 26.1. The normalized spacial score (nSPS) is 55.0. The van der Waals surface area contributed by atoms with Crippen molar-refractivity contribution in [1.82, 2.24) is 0 Å². The van der Waals surface area contributed by atoms with Crippen molar-refractivity contribution in [3.63, 3.8) is 0 Å². The van der Waals surface area contributed by atoms with Crippen LogP contribution in [0.2, 0.25) is 0 Å². The molecule has 9 N–H and O–H groups in total. The molecule has 3 rings (SSSR count). The first-order valence-corrected chi connectivity index (χ1v) is 10.3. The largest absolute Gasteiger partial charge is 0.394 e. The summed E-state index contributed by atoms with van der Waals surface area (Å²) in [5, 5.41) is 90.7. The second-order valence-corrected chi connectivity index (χ2v) is 8.30. The van der Waals surface area contributed by atoms with E-state index in [1.165, 1.54) is 13.8 Å². The zero-order valence-electron chi connectivity index (χ0n) is 17.4. The van der Waals surface area contributed by atoms with Crippen LogP contribution in [0.5, 0.6) is 0 Å². The Balaban J connectivity index is 1.73. The average molecular weight is 472 g/mol. The molecule has 3 aliphatic rings. The molecule has 14 nitrogen and oxygen atoms in total. The van der Waals surface area contributed by atoms with Crippen LogP contribution in [0.3, 0.4) is 0 Å². The standard InChI is InChI=1S/C18H32O14/c1-4-7(20)11(24)15(16(27)28-4)32-18-13(26)14(8(21)5(2)29-18)31-17-12(25)10(23)9(22)6(3-19)30-17/h4-27H,3H2,1-2H3/t4?,5?,6?,7-,8-,9+,10?,11?,12?,13?,14?,15?,16+,17+,18-/m0/s1. The van der Waals surface area contributed by atoms with Crippen LogP contribution in [-0.2, 0) is 23.7 Å². The number of aliphatic hydroxyl groups excluding tert-OH is 9. The van der Waals surface area contributed by atoms with E-state index in [1.54, 1.807) is 0 Å². The summed E-state index contributed by atoms with van der Waals surface area (Å²) in [6.07, 6.45) is -22.5. The van der Waals surface area contributed by atoms with Gasteiger partial charge in [-0.05, 0) is 13.8 Å². The molecule has 0 aliphatic carbocycles. The Morgan fingerprint density at radius 1 is 0.562 bits per heavy atom. The van der Waals surface area contributed by atoms with Gasteiger partial charge in [0.1, 0.15) is 61.0 Å². The second-order valence-electron chi connectivity index (χ2n) is 8.30. The summed E-state index contributed by atoms with van der Waals surface area (Å²) < 4.78 is 26.7. The summed E-state index contributed by atoms with van der Waals surface area (Å²) >= 11 is 0. The summed E-state index contributed by atoms with van der Waals surface area (Å²) in [4.78, 5) is 0.